The molecule has 0 aliphatic rings. The van der Waals surface area contributed by atoms with Crippen LogP contribution in [0.5, 0.6) is 0 Å². The molecule has 0 saturated carbocycles. The second-order valence-corrected chi connectivity index (χ2v) is 12.5. The fourth-order valence-corrected chi connectivity index (χ4v) is 5.61. The molecule has 0 rings (SSSR count). The number of carbonyl (C=O) groups is 1. The molecule has 4 heteroatoms. The van der Waals surface area contributed by atoms with E-state index in [0.717, 1.165) is 12.8 Å². The van der Waals surface area contributed by atoms with Crippen molar-refractivity contribution in [3.05, 3.63) is 0 Å². The van der Waals surface area contributed by atoms with Crippen LogP contribution in [0.4, 0.5) is 0 Å². The van der Waals surface area contributed by atoms with Crippen LogP contribution in [-0.2, 0) is 9.53 Å². The van der Waals surface area contributed by atoms with Gasteiger partial charge in [0, 0.05) is 6.42 Å². The molecule has 0 amide bonds. The molecule has 0 aliphatic carbocycles. The van der Waals surface area contributed by atoms with Gasteiger partial charge in [-0.05, 0) is 6.42 Å². The highest BCUT2D eigenvalue weighted by molar-refractivity contribution is 5.69. The molecule has 240 valence electrons. The Kier molecular flexibility index (Phi) is 34.1. The molecule has 0 aromatic carbocycles. The zero-order chi connectivity index (χ0) is 29.2. The standard InChI is InChI=1S/C36H72O4/c1-2-3-4-5-6-7-8-9-10-11-12-13-14-15-16-17-18-19-20-21-22-23-24-25-26-27-28-29-30-31-32-36(39)40-34-35(38)33-37/h35,37-38H,2-34H2,1H3. The van der Waals surface area contributed by atoms with Crippen molar-refractivity contribution in [1.29, 1.82) is 0 Å². The van der Waals surface area contributed by atoms with Crippen molar-refractivity contribution < 1.29 is 19.7 Å². The second-order valence-electron chi connectivity index (χ2n) is 12.5. The van der Waals surface area contributed by atoms with E-state index in [-0.39, 0.29) is 19.2 Å². The SMILES string of the molecule is CCCCCCCCCCCCCCCCCCCCCCCCCCCCCCCCC(=O)OCC(O)CO. The number of ether oxygens (including phenoxy) is 1. The number of rotatable bonds is 34. The minimum absolute atomic E-state index is 0.102. The summed E-state index contributed by atoms with van der Waals surface area (Å²) >= 11 is 0. The van der Waals surface area contributed by atoms with Crippen LogP contribution in [0.2, 0.25) is 0 Å². The highest BCUT2D eigenvalue weighted by Gasteiger charge is 2.07. The van der Waals surface area contributed by atoms with Crippen LogP contribution in [0, 0.1) is 0 Å². The van der Waals surface area contributed by atoms with Crippen LogP contribution in [0.1, 0.15) is 206 Å². The predicted octanol–water partition coefficient (Wildman–Crippen LogP) is 11.0. The minimum atomic E-state index is -0.956. The first-order valence-electron chi connectivity index (χ1n) is 18.1. The molecule has 0 spiro atoms. The van der Waals surface area contributed by atoms with Gasteiger partial charge < -0.3 is 14.9 Å². The van der Waals surface area contributed by atoms with E-state index in [1.165, 1.54) is 180 Å². The summed E-state index contributed by atoms with van der Waals surface area (Å²) in [5.41, 5.74) is 0. The average Bonchev–Trinajstić information content (AvgIpc) is 2.96. The first kappa shape index (κ1) is 39.4. The summed E-state index contributed by atoms with van der Waals surface area (Å²) in [6, 6.07) is 0. The molecule has 1 unspecified atom stereocenters. The van der Waals surface area contributed by atoms with Gasteiger partial charge in [0.15, 0.2) is 0 Å². The van der Waals surface area contributed by atoms with E-state index in [4.69, 9.17) is 14.9 Å². The van der Waals surface area contributed by atoms with Gasteiger partial charge in [0.2, 0.25) is 0 Å². The lowest BCUT2D eigenvalue weighted by molar-refractivity contribution is -0.147. The van der Waals surface area contributed by atoms with Gasteiger partial charge in [0.1, 0.15) is 12.7 Å². The summed E-state index contributed by atoms with van der Waals surface area (Å²) in [7, 11) is 0. The molecular weight excluding hydrogens is 496 g/mol. The molecule has 0 aromatic heterocycles. The first-order chi connectivity index (χ1) is 19.7. The van der Waals surface area contributed by atoms with Crippen molar-refractivity contribution >= 4 is 5.97 Å². The van der Waals surface area contributed by atoms with Crippen molar-refractivity contribution in [3.63, 3.8) is 0 Å². The summed E-state index contributed by atoms with van der Waals surface area (Å²) in [6.45, 7) is 1.83. The summed E-state index contributed by atoms with van der Waals surface area (Å²) in [6.07, 6.45) is 41.2. The minimum Gasteiger partial charge on any atom is -0.463 e. The molecule has 0 heterocycles. The maximum atomic E-state index is 11.5. The second kappa shape index (κ2) is 34.6. The molecular formula is C36H72O4. The number of hydrogen-bond acceptors (Lipinski definition) is 4. The maximum Gasteiger partial charge on any atom is 0.305 e. The van der Waals surface area contributed by atoms with E-state index >= 15 is 0 Å². The van der Waals surface area contributed by atoms with Gasteiger partial charge in [0.25, 0.3) is 0 Å². The third kappa shape index (κ3) is 33.6. The lowest BCUT2D eigenvalue weighted by Gasteiger charge is -2.08. The largest absolute Gasteiger partial charge is 0.463 e. The number of aliphatic hydroxyl groups excluding tert-OH is 2. The summed E-state index contributed by atoms with van der Waals surface area (Å²) in [5, 5.41) is 17.9. The molecule has 4 nitrogen and oxygen atoms in total. The third-order valence-corrected chi connectivity index (χ3v) is 8.38. The van der Waals surface area contributed by atoms with Gasteiger partial charge in [-0.2, -0.15) is 0 Å². The van der Waals surface area contributed by atoms with E-state index in [1.807, 2.05) is 0 Å². The van der Waals surface area contributed by atoms with Crippen LogP contribution >= 0.6 is 0 Å². The average molecular weight is 569 g/mol. The Hall–Kier alpha value is -0.610. The molecule has 2 N–H and O–H groups in total. The number of hydrogen-bond donors (Lipinski definition) is 2. The van der Waals surface area contributed by atoms with Gasteiger partial charge in [-0.25, -0.2) is 0 Å². The number of esters is 1. The molecule has 0 fully saturated rings. The lowest BCUT2D eigenvalue weighted by atomic mass is 10.0. The fourth-order valence-electron chi connectivity index (χ4n) is 5.61. The number of aliphatic hydroxyl groups is 2. The van der Waals surface area contributed by atoms with Crippen molar-refractivity contribution in [2.75, 3.05) is 13.2 Å². The van der Waals surface area contributed by atoms with E-state index in [9.17, 15) is 4.79 Å². The smallest absolute Gasteiger partial charge is 0.305 e. The Morgan fingerprint density at radius 3 is 0.975 bits per heavy atom. The highest BCUT2D eigenvalue weighted by atomic mass is 16.5. The molecule has 0 aromatic rings. The monoisotopic (exact) mass is 569 g/mol. The Balaban J connectivity index is 3.09. The first-order valence-corrected chi connectivity index (χ1v) is 18.1. The number of carbonyl (C=O) groups excluding carboxylic acids is 1. The molecule has 0 saturated heterocycles. The Morgan fingerprint density at radius 2 is 0.725 bits per heavy atom. The molecule has 0 radical (unpaired) electrons. The third-order valence-electron chi connectivity index (χ3n) is 8.38. The Labute approximate surface area is 250 Å². The van der Waals surface area contributed by atoms with Crippen molar-refractivity contribution in [1.82, 2.24) is 0 Å². The van der Waals surface area contributed by atoms with Gasteiger partial charge in [-0.1, -0.05) is 193 Å². The van der Waals surface area contributed by atoms with E-state index in [1.54, 1.807) is 0 Å². The number of unbranched alkanes of at least 4 members (excludes halogenated alkanes) is 29. The predicted molar refractivity (Wildman–Crippen MR) is 173 cm³/mol. The van der Waals surface area contributed by atoms with E-state index < -0.39 is 6.10 Å². The van der Waals surface area contributed by atoms with Gasteiger partial charge >= 0.3 is 5.97 Å². The van der Waals surface area contributed by atoms with Gasteiger partial charge in [-0.15, -0.1) is 0 Å². The van der Waals surface area contributed by atoms with E-state index in [0.29, 0.717) is 6.42 Å². The lowest BCUT2D eigenvalue weighted by Crippen LogP contribution is -2.21. The molecule has 40 heavy (non-hydrogen) atoms. The van der Waals surface area contributed by atoms with Gasteiger partial charge in [-0.3, -0.25) is 4.79 Å². The van der Waals surface area contributed by atoms with Crippen LogP contribution in [-0.4, -0.2) is 35.5 Å². The fraction of sp³-hybridized carbons (Fsp3) is 0.972. The topological polar surface area (TPSA) is 66.8 Å². The summed E-state index contributed by atoms with van der Waals surface area (Å²) in [4.78, 5) is 11.5. The molecule has 0 aliphatic heterocycles. The summed E-state index contributed by atoms with van der Waals surface area (Å²) in [5.74, 6) is -0.271. The summed E-state index contributed by atoms with van der Waals surface area (Å²) < 4.78 is 4.91. The van der Waals surface area contributed by atoms with Crippen LogP contribution in [0.25, 0.3) is 0 Å². The Morgan fingerprint density at radius 1 is 0.475 bits per heavy atom. The van der Waals surface area contributed by atoms with E-state index in [2.05, 4.69) is 6.92 Å². The molecule has 1 atom stereocenters. The highest BCUT2D eigenvalue weighted by Crippen LogP contribution is 2.16. The van der Waals surface area contributed by atoms with Crippen molar-refractivity contribution in [2.45, 2.75) is 212 Å². The van der Waals surface area contributed by atoms with Gasteiger partial charge in [0.05, 0.1) is 6.61 Å². The Bertz CT molecular complexity index is 481. The quantitative estimate of drug-likeness (QED) is 0.0598. The molecule has 0 bridgehead atoms. The van der Waals surface area contributed by atoms with Crippen molar-refractivity contribution in [2.24, 2.45) is 0 Å². The normalized spacial score (nSPS) is 12.2. The van der Waals surface area contributed by atoms with Crippen LogP contribution < -0.4 is 0 Å². The maximum absolute atomic E-state index is 11.5. The van der Waals surface area contributed by atoms with Crippen LogP contribution in [0.3, 0.4) is 0 Å². The zero-order valence-electron chi connectivity index (χ0n) is 27.1. The zero-order valence-corrected chi connectivity index (χ0v) is 27.1. The van der Waals surface area contributed by atoms with Crippen molar-refractivity contribution in [3.8, 4) is 0 Å². The van der Waals surface area contributed by atoms with Crippen LogP contribution in [0.15, 0.2) is 0 Å².